The quantitative estimate of drug-likeness (QED) is 0.873. The van der Waals surface area contributed by atoms with Gasteiger partial charge in [0.25, 0.3) is 0 Å². The van der Waals surface area contributed by atoms with Crippen LogP contribution in [0.3, 0.4) is 0 Å². The first-order chi connectivity index (χ1) is 10.3. The summed E-state index contributed by atoms with van der Waals surface area (Å²) in [5.41, 5.74) is 2.21. The first-order valence-corrected chi connectivity index (χ1v) is 7.48. The summed E-state index contributed by atoms with van der Waals surface area (Å²) in [6.45, 7) is 1.34. The molecule has 1 heterocycles. The maximum atomic E-state index is 11.2. The molecule has 1 unspecified atom stereocenters. The third-order valence-electron chi connectivity index (χ3n) is 4.44. The summed E-state index contributed by atoms with van der Waals surface area (Å²) >= 11 is 0. The minimum Gasteiger partial charge on any atom is -0.490 e. The number of ether oxygens (including phenoxy) is 2. The van der Waals surface area contributed by atoms with E-state index in [4.69, 9.17) is 9.47 Å². The van der Waals surface area contributed by atoms with Gasteiger partial charge in [-0.2, -0.15) is 0 Å². The van der Waals surface area contributed by atoms with Gasteiger partial charge in [0.15, 0.2) is 11.5 Å². The number of aliphatic hydroxyl groups is 1. The largest absolute Gasteiger partial charge is 0.490 e. The Hall–Kier alpha value is -2.00. The van der Waals surface area contributed by atoms with E-state index in [2.05, 4.69) is 6.07 Å². The van der Waals surface area contributed by atoms with Gasteiger partial charge in [-0.15, -0.1) is 0 Å². The molecule has 1 N–H and O–H groups in total. The first-order valence-electron chi connectivity index (χ1n) is 7.48. The Morgan fingerprint density at radius 1 is 0.952 bits per heavy atom. The molecule has 0 aromatic heterocycles. The summed E-state index contributed by atoms with van der Waals surface area (Å²) < 4.78 is 11.4. The molecular weight excluding hydrogens is 264 g/mol. The Balaban J connectivity index is 1.79. The zero-order valence-electron chi connectivity index (χ0n) is 11.8. The molecule has 2 aromatic rings. The van der Waals surface area contributed by atoms with Crippen LogP contribution in [0.1, 0.15) is 29.5 Å². The van der Waals surface area contributed by atoms with Gasteiger partial charge in [-0.1, -0.05) is 30.3 Å². The predicted octanol–water partition coefficient (Wildman–Crippen LogP) is 3.03. The second-order valence-electron chi connectivity index (χ2n) is 5.73. The Morgan fingerprint density at radius 2 is 1.76 bits per heavy atom. The second-order valence-corrected chi connectivity index (χ2v) is 5.73. The third-order valence-corrected chi connectivity index (χ3v) is 4.44. The number of rotatable bonds is 1. The van der Waals surface area contributed by atoms with Crippen molar-refractivity contribution >= 4 is 0 Å². The summed E-state index contributed by atoms with van der Waals surface area (Å²) in [5, 5.41) is 11.2. The molecule has 2 aromatic carbocycles. The van der Waals surface area contributed by atoms with Crippen LogP contribution in [0.5, 0.6) is 11.5 Å². The van der Waals surface area contributed by atoms with Crippen LogP contribution in [0, 0.1) is 0 Å². The number of benzene rings is 2. The van der Waals surface area contributed by atoms with E-state index < -0.39 is 5.60 Å². The van der Waals surface area contributed by atoms with E-state index in [1.807, 2.05) is 36.4 Å². The molecule has 3 nitrogen and oxygen atoms in total. The zero-order chi connectivity index (χ0) is 14.3. The molecule has 21 heavy (non-hydrogen) atoms. The second kappa shape index (κ2) is 4.78. The molecule has 1 atom stereocenters. The summed E-state index contributed by atoms with van der Waals surface area (Å²) in [6.07, 6.45) is 2.50. The number of aryl methyl sites for hydroxylation is 1. The fourth-order valence-electron chi connectivity index (χ4n) is 3.31. The van der Waals surface area contributed by atoms with Gasteiger partial charge in [0.1, 0.15) is 5.60 Å². The lowest BCUT2D eigenvalue weighted by Gasteiger charge is -2.25. The van der Waals surface area contributed by atoms with Crippen LogP contribution < -0.4 is 9.47 Å². The minimum absolute atomic E-state index is 0.658. The highest BCUT2D eigenvalue weighted by atomic mass is 16.5. The van der Waals surface area contributed by atoms with Crippen molar-refractivity contribution in [1.82, 2.24) is 0 Å². The first kappa shape index (κ1) is 12.7. The molecule has 0 bridgehead atoms. The highest BCUT2D eigenvalue weighted by Crippen LogP contribution is 2.44. The molecule has 0 fully saturated rings. The summed E-state index contributed by atoms with van der Waals surface area (Å²) in [7, 11) is 0. The Bertz CT molecular complexity index is 680. The van der Waals surface area contributed by atoms with Gasteiger partial charge in [-0.05, 0) is 41.7 Å². The highest BCUT2D eigenvalue weighted by Gasteiger charge is 2.38. The number of hydrogen-bond donors (Lipinski definition) is 1. The van der Waals surface area contributed by atoms with Gasteiger partial charge >= 0.3 is 0 Å². The summed E-state index contributed by atoms with van der Waals surface area (Å²) in [6, 6.07) is 13.9. The van der Waals surface area contributed by atoms with E-state index in [-0.39, 0.29) is 0 Å². The van der Waals surface area contributed by atoms with Crippen LogP contribution in [-0.2, 0) is 12.0 Å². The van der Waals surface area contributed by atoms with E-state index in [1.54, 1.807) is 0 Å². The molecular formula is C18H18O3. The Morgan fingerprint density at radius 3 is 2.67 bits per heavy atom. The van der Waals surface area contributed by atoms with Gasteiger partial charge in [-0.25, -0.2) is 0 Å². The van der Waals surface area contributed by atoms with Crippen molar-refractivity contribution in [2.45, 2.75) is 24.9 Å². The fraction of sp³-hybridized carbons (Fsp3) is 0.333. The van der Waals surface area contributed by atoms with Crippen LogP contribution in [0.2, 0.25) is 0 Å². The normalized spacial score (nSPS) is 23.5. The standard InChI is InChI=1S/C18H18O3/c19-18(9-8-13-4-1-2-5-15(13)18)14-6-7-16-17(12-14)21-11-3-10-20-16/h1-2,4-7,12,19H,3,8-11H2. The average molecular weight is 282 g/mol. The molecule has 0 saturated carbocycles. The van der Waals surface area contributed by atoms with Crippen LogP contribution in [0.15, 0.2) is 42.5 Å². The van der Waals surface area contributed by atoms with E-state index in [0.717, 1.165) is 35.5 Å². The summed E-state index contributed by atoms with van der Waals surface area (Å²) in [5.74, 6) is 1.51. The van der Waals surface area contributed by atoms with E-state index in [0.29, 0.717) is 19.6 Å². The van der Waals surface area contributed by atoms with Gasteiger partial charge in [0.05, 0.1) is 13.2 Å². The van der Waals surface area contributed by atoms with Crippen LogP contribution in [-0.4, -0.2) is 18.3 Å². The molecule has 1 aliphatic heterocycles. The van der Waals surface area contributed by atoms with E-state index in [1.165, 1.54) is 5.56 Å². The van der Waals surface area contributed by atoms with Gasteiger partial charge in [0, 0.05) is 6.42 Å². The van der Waals surface area contributed by atoms with Crippen molar-refractivity contribution in [1.29, 1.82) is 0 Å². The molecule has 0 spiro atoms. The molecule has 0 radical (unpaired) electrons. The third kappa shape index (κ3) is 2.00. The monoisotopic (exact) mass is 282 g/mol. The van der Waals surface area contributed by atoms with E-state index >= 15 is 0 Å². The molecule has 108 valence electrons. The van der Waals surface area contributed by atoms with Crippen molar-refractivity contribution in [2.75, 3.05) is 13.2 Å². The van der Waals surface area contributed by atoms with Crippen LogP contribution in [0.25, 0.3) is 0 Å². The van der Waals surface area contributed by atoms with Crippen molar-refractivity contribution < 1.29 is 14.6 Å². The predicted molar refractivity (Wildman–Crippen MR) is 79.8 cm³/mol. The molecule has 0 amide bonds. The molecule has 1 aliphatic carbocycles. The fourth-order valence-corrected chi connectivity index (χ4v) is 3.31. The lowest BCUT2D eigenvalue weighted by atomic mass is 9.88. The van der Waals surface area contributed by atoms with Crippen molar-refractivity contribution in [3.8, 4) is 11.5 Å². The van der Waals surface area contributed by atoms with Crippen molar-refractivity contribution in [3.05, 3.63) is 59.2 Å². The number of fused-ring (bicyclic) bond motifs is 2. The van der Waals surface area contributed by atoms with Gasteiger partial charge in [0.2, 0.25) is 0 Å². The highest BCUT2D eigenvalue weighted by molar-refractivity contribution is 5.51. The maximum absolute atomic E-state index is 11.2. The minimum atomic E-state index is -0.915. The average Bonchev–Trinajstić information content (AvgIpc) is 2.72. The lowest BCUT2D eigenvalue weighted by Crippen LogP contribution is -2.23. The number of hydrogen-bond acceptors (Lipinski definition) is 3. The summed E-state index contributed by atoms with van der Waals surface area (Å²) in [4.78, 5) is 0. The lowest BCUT2D eigenvalue weighted by molar-refractivity contribution is 0.0826. The molecule has 4 rings (SSSR count). The Kier molecular flexibility index (Phi) is 2.89. The van der Waals surface area contributed by atoms with Gasteiger partial charge < -0.3 is 14.6 Å². The zero-order valence-corrected chi connectivity index (χ0v) is 11.8. The van der Waals surface area contributed by atoms with Gasteiger partial charge in [-0.3, -0.25) is 0 Å². The van der Waals surface area contributed by atoms with Crippen LogP contribution >= 0.6 is 0 Å². The SMILES string of the molecule is OC1(c2ccc3c(c2)OCCCO3)CCc2ccccc21. The van der Waals surface area contributed by atoms with Crippen molar-refractivity contribution in [2.24, 2.45) is 0 Å². The van der Waals surface area contributed by atoms with Crippen molar-refractivity contribution in [3.63, 3.8) is 0 Å². The molecule has 0 saturated heterocycles. The smallest absolute Gasteiger partial charge is 0.161 e. The maximum Gasteiger partial charge on any atom is 0.161 e. The molecule has 2 aliphatic rings. The molecule has 3 heteroatoms. The van der Waals surface area contributed by atoms with E-state index in [9.17, 15) is 5.11 Å². The topological polar surface area (TPSA) is 38.7 Å². The Labute approximate surface area is 124 Å². The van der Waals surface area contributed by atoms with Crippen LogP contribution in [0.4, 0.5) is 0 Å².